The zero-order valence-electron chi connectivity index (χ0n) is 11.9. The quantitative estimate of drug-likeness (QED) is 0.898. The third-order valence-electron chi connectivity index (χ3n) is 3.38. The van der Waals surface area contributed by atoms with Gasteiger partial charge in [-0.1, -0.05) is 15.9 Å². The number of nitrogens with one attached hydrogen (secondary N) is 1. The van der Waals surface area contributed by atoms with Crippen LogP contribution in [0.5, 0.6) is 0 Å². The topological polar surface area (TPSA) is 25.2 Å². The molecule has 0 aliphatic carbocycles. The number of furan rings is 1. The van der Waals surface area contributed by atoms with Crippen LogP contribution in [0.3, 0.4) is 0 Å². The largest absolute Gasteiger partial charge is 0.461 e. The van der Waals surface area contributed by atoms with Crippen molar-refractivity contribution >= 4 is 15.9 Å². The molecule has 0 amide bonds. The highest BCUT2D eigenvalue weighted by Gasteiger charge is 2.10. The second-order valence-electron chi connectivity index (χ2n) is 5.08. The smallest absolute Gasteiger partial charge is 0.134 e. The molecule has 1 atom stereocenters. The van der Waals surface area contributed by atoms with Crippen LogP contribution in [0.1, 0.15) is 23.8 Å². The molecule has 0 saturated carbocycles. The maximum atomic E-state index is 5.94. The lowest BCUT2D eigenvalue weighted by Crippen LogP contribution is -2.23. The first-order chi connectivity index (χ1) is 9.01. The highest BCUT2D eigenvalue weighted by Crippen LogP contribution is 2.29. The molecular weight excluding hydrogens is 302 g/mol. The summed E-state index contributed by atoms with van der Waals surface area (Å²) >= 11 is 3.59. The molecule has 2 rings (SSSR count). The van der Waals surface area contributed by atoms with Gasteiger partial charge in [0.15, 0.2) is 0 Å². The van der Waals surface area contributed by atoms with Gasteiger partial charge in [0.2, 0.25) is 0 Å². The Morgan fingerprint density at radius 3 is 2.42 bits per heavy atom. The summed E-state index contributed by atoms with van der Waals surface area (Å²) in [7, 11) is 1.97. The Kier molecular flexibility index (Phi) is 4.48. The normalized spacial score (nSPS) is 12.7. The number of hydrogen-bond donors (Lipinski definition) is 1. The van der Waals surface area contributed by atoms with Crippen molar-refractivity contribution in [1.82, 2.24) is 5.32 Å². The van der Waals surface area contributed by atoms with Crippen molar-refractivity contribution in [2.24, 2.45) is 0 Å². The van der Waals surface area contributed by atoms with E-state index in [-0.39, 0.29) is 0 Å². The molecule has 1 aromatic heterocycles. The predicted molar refractivity (Wildman–Crippen MR) is 83.5 cm³/mol. The van der Waals surface area contributed by atoms with Crippen LogP contribution in [0.25, 0.3) is 11.3 Å². The molecule has 3 heteroatoms. The first-order valence-corrected chi connectivity index (χ1v) is 7.33. The van der Waals surface area contributed by atoms with Crippen molar-refractivity contribution in [2.75, 3.05) is 7.05 Å². The Balaban J connectivity index is 2.28. The molecule has 2 aromatic rings. The Morgan fingerprint density at radius 1 is 1.21 bits per heavy atom. The van der Waals surface area contributed by atoms with Crippen molar-refractivity contribution in [1.29, 1.82) is 0 Å². The van der Waals surface area contributed by atoms with Crippen molar-refractivity contribution in [2.45, 2.75) is 33.2 Å². The average Bonchev–Trinajstić information content (AvgIpc) is 2.83. The van der Waals surface area contributed by atoms with E-state index in [0.29, 0.717) is 6.04 Å². The Morgan fingerprint density at radius 2 is 1.84 bits per heavy atom. The summed E-state index contributed by atoms with van der Waals surface area (Å²) in [6.45, 7) is 6.36. The van der Waals surface area contributed by atoms with E-state index in [0.717, 1.165) is 23.5 Å². The predicted octanol–water partition coefficient (Wildman–Crippen LogP) is 4.48. The van der Waals surface area contributed by atoms with Crippen LogP contribution in [0, 0.1) is 13.8 Å². The van der Waals surface area contributed by atoms with Gasteiger partial charge in [0.25, 0.3) is 0 Å². The van der Waals surface area contributed by atoms with Gasteiger partial charge in [-0.15, -0.1) is 0 Å². The summed E-state index contributed by atoms with van der Waals surface area (Å²) in [5.41, 5.74) is 3.61. The van der Waals surface area contributed by atoms with Crippen LogP contribution in [0.2, 0.25) is 0 Å². The Bertz CT molecular complexity index is 551. The zero-order chi connectivity index (χ0) is 14.0. The van der Waals surface area contributed by atoms with E-state index in [1.807, 2.05) is 7.05 Å². The van der Waals surface area contributed by atoms with E-state index in [1.54, 1.807) is 0 Å². The molecule has 0 fully saturated rings. The van der Waals surface area contributed by atoms with E-state index in [1.165, 1.54) is 15.6 Å². The second kappa shape index (κ2) is 5.93. The van der Waals surface area contributed by atoms with E-state index < -0.39 is 0 Å². The van der Waals surface area contributed by atoms with E-state index >= 15 is 0 Å². The van der Waals surface area contributed by atoms with Gasteiger partial charge in [-0.25, -0.2) is 0 Å². The van der Waals surface area contributed by atoms with Gasteiger partial charge in [-0.3, -0.25) is 0 Å². The molecule has 0 aliphatic heterocycles. The molecule has 0 saturated heterocycles. The Labute approximate surface area is 123 Å². The number of aryl methyl sites for hydroxylation is 2. The van der Waals surface area contributed by atoms with Crippen LogP contribution in [0.4, 0.5) is 0 Å². The van der Waals surface area contributed by atoms with Gasteiger partial charge < -0.3 is 9.73 Å². The first-order valence-electron chi connectivity index (χ1n) is 6.54. The minimum atomic E-state index is 0.424. The van der Waals surface area contributed by atoms with Gasteiger partial charge in [0, 0.05) is 22.5 Å². The molecule has 1 heterocycles. The monoisotopic (exact) mass is 321 g/mol. The van der Waals surface area contributed by atoms with Gasteiger partial charge in [-0.05, 0) is 63.2 Å². The highest BCUT2D eigenvalue weighted by molar-refractivity contribution is 9.10. The van der Waals surface area contributed by atoms with Crippen molar-refractivity contribution in [3.63, 3.8) is 0 Å². The fraction of sp³-hybridized carbons (Fsp3) is 0.375. The van der Waals surface area contributed by atoms with E-state index in [4.69, 9.17) is 4.42 Å². The SMILES string of the molecule is CNC(C)Cc1ccc(-c2cc(C)c(Br)c(C)c2)o1. The summed E-state index contributed by atoms with van der Waals surface area (Å²) in [5, 5.41) is 3.22. The molecule has 1 unspecified atom stereocenters. The number of halogens is 1. The van der Waals surface area contributed by atoms with Crippen LogP contribution in [-0.2, 0) is 6.42 Å². The zero-order valence-corrected chi connectivity index (χ0v) is 13.5. The number of hydrogen-bond acceptors (Lipinski definition) is 2. The maximum Gasteiger partial charge on any atom is 0.134 e. The third-order valence-corrected chi connectivity index (χ3v) is 4.63. The standard InChI is InChI=1S/C16H20BrNO/c1-10-7-13(8-11(2)16(10)17)15-6-5-14(19-15)9-12(3)18-4/h5-8,12,18H,9H2,1-4H3. The van der Waals surface area contributed by atoms with E-state index in [9.17, 15) is 0 Å². The number of likely N-dealkylation sites (N-methyl/N-ethyl adjacent to an activating group) is 1. The molecule has 0 bridgehead atoms. The lowest BCUT2D eigenvalue weighted by molar-refractivity contribution is 0.481. The van der Waals surface area contributed by atoms with Crippen molar-refractivity contribution < 1.29 is 4.42 Å². The fourth-order valence-electron chi connectivity index (χ4n) is 2.13. The molecule has 19 heavy (non-hydrogen) atoms. The highest BCUT2D eigenvalue weighted by atomic mass is 79.9. The minimum absolute atomic E-state index is 0.424. The molecule has 0 radical (unpaired) electrons. The molecular formula is C16H20BrNO. The van der Waals surface area contributed by atoms with Crippen molar-refractivity contribution in [3.05, 3.63) is 45.6 Å². The van der Waals surface area contributed by atoms with Gasteiger partial charge in [0.1, 0.15) is 11.5 Å². The van der Waals surface area contributed by atoms with Gasteiger partial charge >= 0.3 is 0 Å². The second-order valence-corrected chi connectivity index (χ2v) is 5.88. The molecule has 1 N–H and O–H groups in total. The fourth-order valence-corrected chi connectivity index (χ4v) is 2.36. The van der Waals surface area contributed by atoms with Crippen molar-refractivity contribution in [3.8, 4) is 11.3 Å². The third kappa shape index (κ3) is 3.28. The molecule has 0 aliphatic rings. The van der Waals surface area contributed by atoms with Crippen LogP contribution in [-0.4, -0.2) is 13.1 Å². The molecule has 102 valence electrons. The van der Waals surface area contributed by atoms with Crippen LogP contribution in [0.15, 0.2) is 33.2 Å². The summed E-state index contributed by atoms with van der Waals surface area (Å²) in [6, 6.07) is 8.85. The first kappa shape index (κ1) is 14.4. The Hall–Kier alpha value is -1.06. The summed E-state index contributed by atoms with van der Waals surface area (Å²) in [5.74, 6) is 1.96. The maximum absolute atomic E-state index is 5.94. The average molecular weight is 322 g/mol. The summed E-state index contributed by atoms with van der Waals surface area (Å²) in [6.07, 6.45) is 0.908. The minimum Gasteiger partial charge on any atom is -0.461 e. The molecule has 0 spiro atoms. The lowest BCUT2D eigenvalue weighted by Gasteiger charge is -2.08. The molecule has 2 nitrogen and oxygen atoms in total. The number of benzene rings is 1. The van der Waals surface area contributed by atoms with E-state index in [2.05, 4.69) is 66.3 Å². The molecule has 1 aromatic carbocycles. The van der Waals surface area contributed by atoms with Crippen LogP contribution < -0.4 is 5.32 Å². The number of rotatable bonds is 4. The van der Waals surface area contributed by atoms with Gasteiger partial charge in [-0.2, -0.15) is 0 Å². The van der Waals surface area contributed by atoms with Crippen LogP contribution >= 0.6 is 15.9 Å². The summed E-state index contributed by atoms with van der Waals surface area (Å²) < 4.78 is 7.11. The lowest BCUT2D eigenvalue weighted by atomic mass is 10.1. The summed E-state index contributed by atoms with van der Waals surface area (Å²) in [4.78, 5) is 0. The van der Waals surface area contributed by atoms with Gasteiger partial charge in [0.05, 0.1) is 0 Å².